The van der Waals surface area contributed by atoms with Gasteiger partial charge in [-0.25, -0.2) is 0 Å². The average Bonchev–Trinajstić information content (AvgIpc) is 2.45. The molecule has 0 aromatic heterocycles. The van der Waals surface area contributed by atoms with Crippen molar-refractivity contribution in [2.75, 3.05) is 0 Å². The van der Waals surface area contributed by atoms with Crippen LogP contribution in [0.15, 0.2) is 0 Å². The van der Waals surface area contributed by atoms with E-state index in [9.17, 15) is 0 Å². The van der Waals surface area contributed by atoms with Gasteiger partial charge in [-0.3, -0.25) is 0 Å². The topological polar surface area (TPSA) is 0 Å². The molecule has 0 aromatic rings. The predicted octanol–water partition coefficient (Wildman–Crippen LogP) is 7.90. The summed E-state index contributed by atoms with van der Waals surface area (Å²) in [5.41, 5.74) is 0. The molecular formula is C20H43P. The fraction of sp³-hybridized carbons (Fsp3) is 1.00. The number of unbranched alkanes of at least 4 members (excludes halogenated alkanes) is 12. The summed E-state index contributed by atoms with van der Waals surface area (Å²) < 4.78 is 0. The Morgan fingerprint density at radius 2 is 0.810 bits per heavy atom. The third-order valence-corrected chi connectivity index (χ3v) is 5.28. The van der Waals surface area contributed by atoms with E-state index < -0.39 is 0 Å². The minimum Gasteiger partial charge on any atom is -0.131 e. The largest absolute Gasteiger partial charge is 0.131 e. The van der Waals surface area contributed by atoms with Crippen LogP contribution in [-0.2, 0) is 0 Å². The molecule has 1 atom stereocenters. The molecule has 0 aliphatic rings. The SMILES string of the molecule is CCCCCCCCCC(C)(P)CCCCCCCCC. The zero-order valence-corrected chi connectivity index (χ0v) is 16.5. The van der Waals surface area contributed by atoms with E-state index >= 15 is 0 Å². The predicted molar refractivity (Wildman–Crippen MR) is 103 cm³/mol. The number of rotatable bonds is 16. The fourth-order valence-corrected chi connectivity index (χ4v) is 3.51. The summed E-state index contributed by atoms with van der Waals surface area (Å²) in [6.45, 7) is 7.04. The van der Waals surface area contributed by atoms with Crippen LogP contribution in [0.1, 0.15) is 124 Å². The van der Waals surface area contributed by atoms with Crippen molar-refractivity contribution in [3.05, 3.63) is 0 Å². The van der Waals surface area contributed by atoms with E-state index in [-0.39, 0.29) is 0 Å². The summed E-state index contributed by atoms with van der Waals surface area (Å²) >= 11 is 0. The number of hydrogen-bond donors (Lipinski definition) is 0. The highest BCUT2D eigenvalue weighted by molar-refractivity contribution is 7.18. The highest BCUT2D eigenvalue weighted by Gasteiger charge is 2.16. The molecule has 128 valence electrons. The Kier molecular flexibility index (Phi) is 15.6. The van der Waals surface area contributed by atoms with Crippen molar-refractivity contribution in [1.29, 1.82) is 0 Å². The van der Waals surface area contributed by atoms with Crippen molar-refractivity contribution < 1.29 is 0 Å². The zero-order valence-electron chi connectivity index (χ0n) is 15.4. The molecule has 0 heterocycles. The molecule has 0 aliphatic heterocycles. The van der Waals surface area contributed by atoms with Crippen molar-refractivity contribution >= 4 is 9.24 Å². The van der Waals surface area contributed by atoms with E-state index in [4.69, 9.17) is 0 Å². The molecule has 0 aromatic carbocycles. The van der Waals surface area contributed by atoms with Crippen LogP contribution >= 0.6 is 9.24 Å². The molecule has 0 spiro atoms. The third kappa shape index (κ3) is 16.6. The first-order valence-corrected chi connectivity index (χ1v) is 10.5. The molecule has 0 fully saturated rings. The van der Waals surface area contributed by atoms with Gasteiger partial charge in [0.1, 0.15) is 0 Å². The van der Waals surface area contributed by atoms with Gasteiger partial charge in [0.15, 0.2) is 0 Å². The van der Waals surface area contributed by atoms with Crippen LogP contribution in [0.4, 0.5) is 0 Å². The average molecular weight is 315 g/mol. The maximum atomic E-state index is 3.15. The molecule has 0 radical (unpaired) electrons. The maximum absolute atomic E-state index is 3.15. The van der Waals surface area contributed by atoms with E-state index in [0.29, 0.717) is 5.16 Å². The smallest absolute Gasteiger partial charge is 0.0178 e. The Morgan fingerprint density at radius 1 is 0.524 bits per heavy atom. The van der Waals surface area contributed by atoms with Gasteiger partial charge in [-0.05, 0) is 18.0 Å². The van der Waals surface area contributed by atoms with Gasteiger partial charge in [0.05, 0.1) is 0 Å². The van der Waals surface area contributed by atoms with Crippen molar-refractivity contribution in [1.82, 2.24) is 0 Å². The van der Waals surface area contributed by atoms with Crippen LogP contribution in [0.3, 0.4) is 0 Å². The van der Waals surface area contributed by atoms with Gasteiger partial charge in [-0.1, -0.05) is 111 Å². The molecular weight excluding hydrogens is 271 g/mol. The van der Waals surface area contributed by atoms with Crippen LogP contribution in [0.2, 0.25) is 0 Å². The molecule has 1 heteroatoms. The van der Waals surface area contributed by atoms with Crippen LogP contribution in [0.5, 0.6) is 0 Å². The van der Waals surface area contributed by atoms with E-state index in [2.05, 4.69) is 30.0 Å². The first kappa shape index (κ1) is 21.4. The van der Waals surface area contributed by atoms with Crippen LogP contribution in [0, 0.1) is 0 Å². The van der Waals surface area contributed by atoms with Gasteiger partial charge in [0, 0.05) is 0 Å². The summed E-state index contributed by atoms with van der Waals surface area (Å²) in [5, 5.41) is 0.507. The molecule has 0 N–H and O–H groups in total. The lowest BCUT2D eigenvalue weighted by Crippen LogP contribution is -2.15. The zero-order chi connectivity index (χ0) is 15.8. The monoisotopic (exact) mass is 314 g/mol. The molecule has 0 amide bonds. The maximum Gasteiger partial charge on any atom is -0.0178 e. The summed E-state index contributed by atoms with van der Waals surface area (Å²) in [4.78, 5) is 0. The second-order valence-electron chi connectivity index (χ2n) is 7.40. The summed E-state index contributed by atoms with van der Waals surface area (Å²) in [5.74, 6) is 0. The lowest BCUT2D eigenvalue weighted by molar-refractivity contribution is 0.464. The van der Waals surface area contributed by atoms with Crippen molar-refractivity contribution in [2.24, 2.45) is 0 Å². The van der Waals surface area contributed by atoms with E-state index in [1.165, 1.54) is 103 Å². The Hall–Kier alpha value is 0.430. The Morgan fingerprint density at radius 3 is 1.14 bits per heavy atom. The standard InChI is InChI=1S/C20H43P/c1-4-6-8-10-12-14-16-18-20(3,21)19-17-15-13-11-9-7-5-2/h4-19,21H2,1-3H3. The van der Waals surface area contributed by atoms with Gasteiger partial charge in [-0.2, -0.15) is 0 Å². The lowest BCUT2D eigenvalue weighted by atomic mass is 9.94. The van der Waals surface area contributed by atoms with Crippen molar-refractivity contribution in [2.45, 2.75) is 129 Å². The van der Waals surface area contributed by atoms with Crippen LogP contribution < -0.4 is 0 Å². The van der Waals surface area contributed by atoms with Gasteiger partial charge >= 0.3 is 0 Å². The van der Waals surface area contributed by atoms with Gasteiger partial charge in [0.25, 0.3) is 0 Å². The van der Waals surface area contributed by atoms with Crippen molar-refractivity contribution in [3.63, 3.8) is 0 Å². The fourth-order valence-electron chi connectivity index (χ4n) is 3.10. The molecule has 0 aliphatic carbocycles. The molecule has 1 unspecified atom stereocenters. The van der Waals surface area contributed by atoms with Gasteiger partial charge < -0.3 is 0 Å². The molecule has 21 heavy (non-hydrogen) atoms. The molecule has 0 saturated carbocycles. The summed E-state index contributed by atoms with van der Waals surface area (Å²) in [6.07, 6.45) is 22.9. The first-order chi connectivity index (χ1) is 10.1. The molecule has 0 bridgehead atoms. The van der Waals surface area contributed by atoms with Crippen molar-refractivity contribution in [3.8, 4) is 0 Å². The highest BCUT2D eigenvalue weighted by Crippen LogP contribution is 2.31. The summed E-state index contributed by atoms with van der Waals surface area (Å²) in [6, 6.07) is 0. The van der Waals surface area contributed by atoms with Gasteiger partial charge in [0.2, 0.25) is 0 Å². The van der Waals surface area contributed by atoms with E-state index in [1.807, 2.05) is 0 Å². The second-order valence-corrected chi connectivity index (χ2v) is 8.79. The molecule has 0 saturated heterocycles. The lowest BCUT2D eigenvalue weighted by Gasteiger charge is -2.24. The van der Waals surface area contributed by atoms with Gasteiger partial charge in [-0.15, -0.1) is 9.24 Å². The van der Waals surface area contributed by atoms with E-state index in [0.717, 1.165) is 0 Å². The first-order valence-electron chi connectivity index (χ1n) is 9.91. The molecule has 0 nitrogen and oxygen atoms in total. The normalized spacial score (nSPS) is 12.0. The molecule has 0 rings (SSSR count). The Balaban J connectivity index is 3.35. The third-order valence-electron chi connectivity index (χ3n) is 4.70. The van der Waals surface area contributed by atoms with Crippen LogP contribution in [0.25, 0.3) is 0 Å². The minimum absolute atomic E-state index is 0.507. The highest BCUT2D eigenvalue weighted by atomic mass is 31.0. The number of hydrogen-bond acceptors (Lipinski definition) is 0. The quantitative estimate of drug-likeness (QED) is 0.200. The Labute approximate surface area is 138 Å². The summed E-state index contributed by atoms with van der Waals surface area (Å²) in [7, 11) is 3.15. The minimum atomic E-state index is 0.507. The second kappa shape index (κ2) is 15.3. The van der Waals surface area contributed by atoms with E-state index in [1.54, 1.807) is 0 Å². The van der Waals surface area contributed by atoms with Crippen LogP contribution in [-0.4, -0.2) is 5.16 Å². The Bertz CT molecular complexity index is 178.